The molecule has 124 valence electrons. The van der Waals surface area contributed by atoms with Crippen molar-refractivity contribution in [1.29, 1.82) is 0 Å². The summed E-state index contributed by atoms with van der Waals surface area (Å²) in [5.74, 6) is -0.000406. The van der Waals surface area contributed by atoms with Crippen LogP contribution in [0.3, 0.4) is 0 Å². The molecule has 1 saturated heterocycles. The molecule has 3 rings (SSSR count). The van der Waals surface area contributed by atoms with E-state index in [9.17, 15) is 4.79 Å². The van der Waals surface area contributed by atoms with Crippen LogP contribution in [0.15, 0.2) is 40.9 Å². The maximum absolute atomic E-state index is 12.5. The lowest BCUT2D eigenvalue weighted by atomic mass is 10.1. The molecular weight excluding hydrogens is 378 g/mol. The van der Waals surface area contributed by atoms with Gasteiger partial charge in [0.05, 0.1) is 0 Å². The molecule has 23 heavy (non-hydrogen) atoms. The Hall–Kier alpha value is -1.30. The van der Waals surface area contributed by atoms with Gasteiger partial charge in [0.15, 0.2) is 0 Å². The summed E-state index contributed by atoms with van der Waals surface area (Å²) < 4.78 is 3.00. The Morgan fingerprint density at radius 2 is 2.00 bits per heavy atom. The highest BCUT2D eigenvalue weighted by molar-refractivity contribution is 9.10. The van der Waals surface area contributed by atoms with Crippen LogP contribution in [0.5, 0.6) is 0 Å². The monoisotopic (exact) mass is 397 g/mol. The highest BCUT2D eigenvalue weighted by Crippen LogP contribution is 2.23. The van der Waals surface area contributed by atoms with Crippen LogP contribution < -0.4 is 10.6 Å². The Bertz CT molecular complexity index is 663. The number of hydrogen-bond donors (Lipinski definition) is 2. The Kier molecular flexibility index (Phi) is 6.27. The summed E-state index contributed by atoms with van der Waals surface area (Å²) in [6.45, 7) is 1.90. The van der Waals surface area contributed by atoms with Gasteiger partial charge < -0.3 is 15.2 Å². The van der Waals surface area contributed by atoms with Gasteiger partial charge in [0.25, 0.3) is 5.91 Å². The maximum Gasteiger partial charge on any atom is 0.268 e. The number of aromatic nitrogens is 1. The van der Waals surface area contributed by atoms with Crippen molar-refractivity contribution < 1.29 is 4.79 Å². The summed E-state index contributed by atoms with van der Waals surface area (Å²) in [5.41, 5.74) is 2.84. The van der Waals surface area contributed by atoms with Crippen LogP contribution in [0, 0.1) is 0 Å². The fourth-order valence-electron chi connectivity index (χ4n) is 2.88. The SMILES string of the molecule is Cl.Cn1c(C(=O)N[C@H]2CCCNC2)ccc1-c1ccc(Br)cc1. The number of piperidine rings is 1. The first kappa shape index (κ1) is 18.0. The number of halogens is 2. The summed E-state index contributed by atoms with van der Waals surface area (Å²) in [6, 6.07) is 12.2. The van der Waals surface area contributed by atoms with Crippen molar-refractivity contribution >= 4 is 34.2 Å². The lowest BCUT2D eigenvalue weighted by Gasteiger charge is -2.23. The topological polar surface area (TPSA) is 46.1 Å². The molecule has 0 spiro atoms. The largest absolute Gasteiger partial charge is 0.347 e. The molecule has 0 bridgehead atoms. The minimum absolute atomic E-state index is 0. The fraction of sp³-hybridized carbons (Fsp3) is 0.353. The maximum atomic E-state index is 12.5. The van der Waals surface area contributed by atoms with Crippen LogP contribution in [0.2, 0.25) is 0 Å². The molecule has 1 amide bonds. The second-order valence-corrected chi connectivity index (χ2v) is 6.60. The normalized spacial score (nSPS) is 17.4. The Balaban J connectivity index is 0.00000192. The standard InChI is InChI=1S/C17H20BrN3O.ClH/c1-21-15(12-4-6-13(18)7-5-12)8-9-16(21)17(22)20-14-3-2-10-19-11-14;/h4-9,14,19H,2-3,10-11H2,1H3,(H,20,22);1H/t14-;/m0./s1. The molecule has 2 N–H and O–H groups in total. The molecule has 1 fully saturated rings. The van der Waals surface area contributed by atoms with Crippen LogP contribution in [0.25, 0.3) is 11.3 Å². The third kappa shape index (κ3) is 4.16. The van der Waals surface area contributed by atoms with Gasteiger partial charge >= 0.3 is 0 Å². The second kappa shape index (κ2) is 7.99. The van der Waals surface area contributed by atoms with Gasteiger partial charge in [-0.1, -0.05) is 28.1 Å². The van der Waals surface area contributed by atoms with Crippen molar-refractivity contribution in [2.45, 2.75) is 18.9 Å². The van der Waals surface area contributed by atoms with Crippen molar-refractivity contribution in [3.8, 4) is 11.3 Å². The van der Waals surface area contributed by atoms with Gasteiger partial charge in [-0.25, -0.2) is 0 Å². The number of benzene rings is 1. The number of rotatable bonds is 3. The minimum atomic E-state index is -0.000406. The van der Waals surface area contributed by atoms with Crippen molar-refractivity contribution in [3.63, 3.8) is 0 Å². The van der Waals surface area contributed by atoms with Crippen LogP contribution in [0.1, 0.15) is 23.3 Å². The number of nitrogens with one attached hydrogen (secondary N) is 2. The summed E-state index contributed by atoms with van der Waals surface area (Å²) in [5, 5.41) is 6.44. The molecule has 1 aromatic carbocycles. The molecule has 2 heterocycles. The van der Waals surface area contributed by atoms with Crippen molar-refractivity contribution in [3.05, 3.63) is 46.6 Å². The molecule has 1 aliphatic rings. The van der Waals surface area contributed by atoms with Crippen LogP contribution >= 0.6 is 28.3 Å². The van der Waals surface area contributed by atoms with E-state index < -0.39 is 0 Å². The predicted molar refractivity (Wildman–Crippen MR) is 99.2 cm³/mol. The van der Waals surface area contributed by atoms with Gasteiger partial charge in [-0.05, 0) is 49.2 Å². The van der Waals surface area contributed by atoms with E-state index in [0.717, 1.165) is 41.7 Å². The summed E-state index contributed by atoms with van der Waals surface area (Å²) in [6.07, 6.45) is 2.16. The molecule has 1 aromatic heterocycles. The Labute approximate surface area is 151 Å². The van der Waals surface area contributed by atoms with Crippen molar-refractivity contribution in [1.82, 2.24) is 15.2 Å². The molecule has 0 radical (unpaired) electrons. The third-order valence-corrected chi connectivity index (χ3v) is 4.66. The number of hydrogen-bond acceptors (Lipinski definition) is 2. The quantitative estimate of drug-likeness (QED) is 0.833. The highest BCUT2D eigenvalue weighted by Gasteiger charge is 2.19. The van der Waals surface area contributed by atoms with Gasteiger partial charge in [-0.3, -0.25) is 4.79 Å². The number of nitrogens with zero attached hydrogens (tertiary/aromatic N) is 1. The van der Waals surface area contributed by atoms with E-state index in [-0.39, 0.29) is 24.4 Å². The van der Waals surface area contributed by atoms with E-state index in [1.54, 1.807) is 0 Å². The van der Waals surface area contributed by atoms with Crippen molar-refractivity contribution in [2.75, 3.05) is 13.1 Å². The van der Waals surface area contributed by atoms with E-state index in [2.05, 4.69) is 26.6 Å². The molecule has 4 nitrogen and oxygen atoms in total. The van der Waals surface area contributed by atoms with Gasteiger partial charge in [-0.15, -0.1) is 12.4 Å². The number of carbonyl (C=O) groups is 1. The molecule has 1 atom stereocenters. The van der Waals surface area contributed by atoms with Crippen molar-refractivity contribution in [2.24, 2.45) is 7.05 Å². The minimum Gasteiger partial charge on any atom is -0.347 e. The van der Waals surface area contributed by atoms with Crippen LogP contribution in [-0.4, -0.2) is 29.6 Å². The molecule has 0 unspecified atom stereocenters. The Morgan fingerprint density at radius 1 is 1.26 bits per heavy atom. The van der Waals surface area contributed by atoms with E-state index in [4.69, 9.17) is 0 Å². The lowest BCUT2D eigenvalue weighted by Crippen LogP contribution is -2.45. The third-order valence-electron chi connectivity index (χ3n) is 4.13. The lowest BCUT2D eigenvalue weighted by molar-refractivity contribution is 0.0922. The average Bonchev–Trinajstić information content (AvgIpc) is 2.91. The summed E-state index contributed by atoms with van der Waals surface area (Å²) in [7, 11) is 1.94. The molecule has 6 heteroatoms. The molecular formula is C17H21BrClN3O. The zero-order chi connectivity index (χ0) is 15.5. The molecule has 0 saturated carbocycles. The summed E-state index contributed by atoms with van der Waals surface area (Å²) in [4.78, 5) is 12.5. The number of carbonyl (C=O) groups excluding carboxylic acids is 1. The smallest absolute Gasteiger partial charge is 0.268 e. The average molecular weight is 399 g/mol. The first-order valence-electron chi connectivity index (χ1n) is 7.58. The van der Waals surface area contributed by atoms with Gasteiger partial charge in [-0.2, -0.15) is 0 Å². The van der Waals surface area contributed by atoms with Gasteiger partial charge in [0.1, 0.15) is 5.69 Å². The van der Waals surface area contributed by atoms with Crippen LogP contribution in [0.4, 0.5) is 0 Å². The van der Waals surface area contributed by atoms with Crippen LogP contribution in [-0.2, 0) is 7.05 Å². The van der Waals surface area contributed by atoms with E-state index in [1.807, 2.05) is 48.0 Å². The molecule has 1 aliphatic heterocycles. The van der Waals surface area contributed by atoms with E-state index in [1.165, 1.54) is 0 Å². The zero-order valence-corrected chi connectivity index (χ0v) is 15.4. The van der Waals surface area contributed by atoms with Gasteiger partial charge in [0.2, 0.25) is 0 Å². The highest BCUT2D eigenvalue weighted by atomic mass is 79.9. The first-order chi connectivity index (χ1) is 10.6. The fourth-order valence-corrected chi connectivity index (χ4v) is 3.15. The number of amides is 1. The zero-order valence-electron chi connectivity index (χ0n) is 13.0. The molecule has 2 aromatic rings. The predicted octanol–water partition coefficient (Wildman–Crippen LogP) is 3.36. The molecule has 0 aliphatic carbocycles. The van der Waals surface area contributed by atoms with E-state index >= 15 is 0 Å². The van der Waals surface area contributed by atoms with Gasteiger partial charge in [0, 0.05) is 29.8 Å². The Morgan fingerprint density at radius 3 is 2.65 bits per heavy atom. The second-order valence-electron chi connectivity index (χ2n) is 5.69. The first-order valence-corrected chi connectivity index (χ1v) is 8.37. The summed E-state index contributed by atoms with van der Waals surface area (Å²) >= 11 is 3.44. The van der Waals surface area contributed by atoms with E-state index in [0.29, 0.717) is 5.69 Å².